The van der Waals surface area contributed by atoms with E-state index in [2.05, 4.69) is 10.2 Å². The molecule has 1 fully saturated rings. The number of methoxy groups -OCH3 is 2. The van der Waals surface area contributed by atoms with E-state index in [9.17, 15) is 9.59 Å². The number of carbonyl (C=O) groups excluding carboxylic acids is 2. The highest BCUT2D eigenvalue weighted by Crippen LogP contribution is 2.19. The third-order valence-corrected chi connectivity index (χ3v) is 4.82. The molecular formula is C21H25N3O4. The number of esters is 1. The molecular weight excluding hydrogens is 358 g/mol. The molecule has 3 rings (SSSR count). The number of nitrogens with zero attached hydrogens (tertiary/aromatic N) is 2. The highest BCUT2D eigenvalue weighted by molar-refractivity contribution is 5.90. The zero-order valence-electron chi connectivity index (χ0n) is 16.2. The van der Waals surface area contributed by atoms with Crippen LogP contribution in [0.4, 0.5) is 10.5 Å². The molecule has 0 atom stereocenters. The van der Waals surface area contributed by atoms with Crippen molar-refractivity contribution in [2.45, 2.75) is 6.54 Å². The summed E-state index contributed by atoms with van der Waals surface area (Å²) in [4.78, 5) is 28.2. The van der Waals surface area contributed by atoms with Crippen LogP contribution in [0.3, 0.4) is 0 Å². The molecule has 1 heterocycles. The summed E-state index contributed by atoms with van der Waals surface area (Å²) in [6, 6.07) is 14.9. The molecule has 0 bridgehead atoms. The van der Waals surface area contributed by atoms with E-state index in [1.807, 2.05) is 42.5 Å². The summed E-state index contributed by atoms with van der Waals surface area (Å²) in [5, 5.41) is 2.96. The van der Waals surface area contributed by atoms with Gasteiger partial charge in [-0.2, -0.15) is 0 Å². The van der Waals surface area contributed by atoms with Crippen LogP contribution in [0.1, 0.15) is 15.9 Å². The topological polar surface area (TPSA) is 71.1 Å². The number of carbonyl (C=O) groups is 2. The van der Waals surface area contributed by atoms with Gasteiger partial charge in [-0.1, -0.05) is 24.3 Å². The number of nitrogens with one attached hydrogen (secondary N) is 1. The second kappa shape index (κ2) is 9.12. The third kappa shape index (κ3) is 4.54. The second-order valence-electron chi connectivity index (χ2n) is 6.49. The Morgan fingerprint density at radius 1 is 1.00 bits per heavy atom. The molecule has 1 N–H and O–H groups in total. The van der Waals surface area contributed by atoms with Crippen molar-refractivity contribution in [3.8, 4) is 5.75 Å². The fourth-order valence-electron chi connectivity index (χ4n) is 3.25. The highest BCUT2D eigenvalue weighted by atomic mass is 16.5. The van der Waals surface area contributed by atoms with Gasteiger partial charge < -0.3 is 24.6 Å². The Hall–Kier alpha value is -3.22. The summed E-state index contributed by atoms with van der Waals surface area (Å²) in [5.74, 6) is 0.411. The minimum absolute atomic E-state index is 0.0890. The first-order valence-electron chi connectivity index (χ1n) is 9.20. The smallest absolute Gasteiger partial charge is 0.337 e. The van der Waals surface area contributed by atoms with Crippen LogP contribution in [0, 0.1) is 0 Å². The van der Waals surface area contributed by atoms with Gasteiger partial charge in [-0.05, 0) is 24.3 Å². The summed E-state index contributed by atoms with van der Waals surface area (Å²) in [6.45, 7) is 3.05. The number of hydrogen-bond acceptors (Lipinski definition) is 5. The van der Waals surface area contributed by atoms with Crippen LogP contribution >= 0.6 is 0 Å². The third-order valence-electron chi connectivity index (χ3n) is 4.82. The fourth-order valence-corrected chi connectivity index (χ4v) is 3.25. The molecule has 0 saturated carbocycles. The van der Waals surface area contributed by atoms with E-state index in [4.69, 9.17) is 9.47 Å². The van der Waals surface area contributed by atoms with Gasteiger partial charge in [0.25, 0.3) is 0 Å². The molecule has 1 aliphatic rings. The lowest BCUT2D eigenvalue weighted by Crippen LogP contribution is -2.51. The molecule has 0 spiro atoms. The van der Waals surface area contributed by atoms with Crippen LogP contribution < -0.4 is 15.0 Å². The molecule has 7 nitrogen and oxygen atoms in total. The molecule has 28 heavy (non-hydrogen) atoms. The van der Waals surface area contributed by atoms with E-state index in [1.165, 1.54) is 7.11 Å². The van der Waals surface area contributed by atoms with Crippen LogP contribution in [0.5, 0.6) is 5.75 Å². The molecule has 0 unspecified atom stereocenters. The van der Waals surface area contributed by atoms with E-state index < -0.39 is 0 Å². The van der Waals surface area contributed by atoms with Crippen LogP contribution in [0.25, 0.3) is 0 Å². The van der Waals surface area contributed by atoms with Crippen LogP contribution in [0.15, 0.2) is 48.5 Å². The molecule has 1 aliphatic heterocycles. The van der Waals surface area contributed by atoms with E-state index in [0.717, 1.165) is 17.0 Å². The van der Waals surface area contributed by atoms with Gasteiger partial charge in [0.15, 0.2) is 0 Å². The number of urea groups is 1. The number of piperazine rings is 1. The van der Waals surface area contributed by atoms with Gasteiger partial charge in [-0.15, -0.1) is 0 Å². The van der Waals surface area contributed by atoms with Gasteiger partial charge >= 0.3 is 12.0 Å². The van der Waals surface area contributed by atoms with Gasteiger partial charge in [-0.3, -0.25) is 0 Å². The summed E-state index contributed by atoms with van der Waals surface area (Å²) in [6.07, 6.45) is 0. The molecule has 0 aromatic heterocycles. The first-order chi connectivity index (χ1) is 13.6. The van der Waals surface area contributed by atoms with Crippen LogP contribution in [-0.4, -0.2) is 57.3 Å². The lowest BCUT2D eigenvalue weighted by molar-refractivity contribution is 0.0600. The maximum absolute atomic E-state index is 12.5. The van der Waals surface area contributed by atoms with E-state index >= 15 is 0 Å². The first-order valence-corrected chi connectivity index (χ1v) is 9.20. The molecule has 0 aliphatic carbocycles. The van der Waals surface area contributed by atoms with Crippen molar-refractivity contribution >= 4 is 17.7 Å². The Balaban J connectivity index is 1.53. The lowest BCUT2D eigenvalue weighted by atomic mass is 10.1. The monoisotopic (exact) mass is 383 g/mol. The number of rotatable bonds is 5. The van der Waals surface area contributed by atoms with Crippen LogP contribution in [0.2, 0.25) is 0 Å². The Bertz CT molecular complexity index is 832. The SMILES string of the molecule is COC(=O)c1cccc(N2CCN(C(=O)NCc3ccccc3OC)CC2)c1. The van der Waals surface area contributed by atoms with Crippen LogP contribution in [-0.2, 0) is 11.3 Å². The molecule has 2 aromatic carbocycles. The van der Waals surface area contributed by atoms with Crippen molar-refractivity contribution in [2.24, 2.45) is 0 Å². The number of benzene rings is 2. The Morgan fingerprint density at radius 3 is 2.46 bits per heavy atom. The van der Waals surface area contributed by atoms with Gasteiger partial charge in [0.05, 0.1) is 19.8 Å². The highest BCUT2D eigenvalue weighted by Gasteiger charge is 2.22. The number of anilines is 1. The van der Waals surface area contributed by atoms with Crippen molar-refractivity contribution < 1.29 is 19.1 Å². The molecule has 148 valence electrons. The normalized spacial score (nSPS) is 13.8. The molecule has 0 radical (unpaired) electrons. The predicted molar refractivity (Wildman–Crippen MR) is 107 cm³/mol. The summed E-state index contributed by atoms with van der Waals surface area (Å²) >= 11 is 0. The Labute approximate surface area is 164 Å². The maximum Gasteiger partial charge on any atom is 0.337 e. The maximum atomic E-state index is 12.5. The molecule has 2 aromatic rings. The van der Waals surface area contributed by atoms with E-state index in [1.54, 1.807) is 18.1 Å². The number of para-hydroxylation sites is 1. The number of amides is 2. The fraction of sp³-hybridized carbons (Fsp3) is 0.333. The van der Waals surface area contributed by atoms with Crippen molar-refractivity contribution in [3.05, 3.63) is 59.7 Å². The van der Waals surface area contributed by atoms with Gasteiger partial charge in [0.2, 0.25) is 0 Å². The number of ether oxygens (including phenoxy) is 2. The van der Waals surface area contributed by atoms with E-state index in [0.29, 0.717) is 38.3 Å². The van der Waals surface area contributed by atoms with Gasteiger partial charge in [-0.25, -0.2) is 9.59 Å². The average molecular weight is 383 g/mol. The molecule has 7 heteroatoms. The van der Waals surface area contributed by atoms with Crippen molar-refractivity contribution in [1.82, 2.24) is 10.2 Å². The summed E-state index contributed by atoms with van der Waals surface area (Å²) in [7, 11) is 2.99. The molecule has 1 saturated heterocycles. The van der Waals surface area contributed by atoms with Crippen molar-refractivity contribution in [1.29, 1.82) is 0 Å². The standard InChI is InChI=1S/C21H25N3O4/c1-27-19-9-4-3-6-17(19)15-22-21(26)24-12-10-23(11-13-24)18-8-5-7-16(14-18)20(25)28-2/h3-9,14H,10-13,15H2,1-2H3,(H,22,26). The minimum Gasteiger partial charge on any atom is -0.496 e. The number of hydrogen-bond donors (Lipinski definition) is 1. The summed E-state index contributed by atoms with van der Waals surface area (Å²) in [5.41, 5.74) is 2.42. The largest absolute Gasteiger partial charge is 0.496 e. The zero-order valence-corrected chi connectivity index (χ0v) is 16.2. The zero-order chi connectivity index (χ0) is 19.9. The summed E-state index contributed by atoms with van der Waals surface area (Å²) < 4.78 is 10.1. The van der Waals surface area contributed by atoms with Gasteiger partial charge in [0, 0.05) is 44.0 Å². The Kier molecular flexibility index (Phi) is 6.37. The quantitative estimate of drug-likeness (QED) is 0.804. The lowest BCUT2D eigenvalue weighted by Gasteiger charge is -2.36. The minimum atomic E-state index is -0.351. The average Bonchev–Trinajstić information content (AvgIpc) is 2.77. The van der Waals surface area contributed by atoms with Crippen molar-refractivity contribution in [2.75, 3.05) is 45.3 Å². The van der Waals surface area contributed by atoms with Gasteiger partial charge in [0.1, 0.15) is 5.75 Å². The van der Waals surface area contributed by atoms with E-state index in [-0.39, 0.29) is 12.0 Å². The molecule has 2 amide bonds. The Morgan fingerprint density at radius 2 is 1.75 bits per heavy atom. The first kappa shape index (κ1) is 19.5. The van der Waals surface area contributed by atoms with Crippen molar-refractivity contribution in [3.63, 3.8) is 0 Å². The predicted octanol–water partition coefficient (Wildman–Crippen LogP) is 2.51. The second-order valence-corrected chi connectivity index (χ2v) is 6.49.